The Kier molecular flexibility index (Phi) is 16.8. The van der Waals surface area contributed by atoms with E-state index in [9.17, 15) is 9.59 Å². The van der Waals surface area contributed by atoms with Gasteiger partial charge in [-0.1, -0.05) is 96.8 Å². The summed E-state index contributed by atoms with van der Waals surface area (Å²) in [6.45, 7) is 4.71. The second-order valence-corrected chi connectivity index (χ2v) is 9.20. The standard InChI is InChI=1S/C26H48O4/c1-3-4-5-6-7-8-9-10-11-12-13-14-17-22-29-25(27)20-21-26(28)30-23(2)24-18-15-16-19-24/h23-24H,3-22H2,1-2H3. The minimum atomic E-state index is -0.278. The van der Waals surface area contributed by atoms with Crippen molar-refractivity contribution in [2.24, 2.45) is 5.92 Å². The number of hydrogen-bond acceptors (Lipinski definition) is 4. The average Bonchev–Trinajstić information content (AvgIpc) is 3.27. The van der Waals surface area contributed by atoms with E-state index in [1.54, 1.807) is 0 Å². The van der Waals surface area contributed by atoms with Crippen molar-refractivity contribution in [3.05, 3.63) is 0 Å². The number of esters is 2. The van der Waals surface area contributed by atoms with Crippen LogP contribution in [0.5, 0.6) is 0 Å². The summed E-state index contributed by atoms with van der Waals surface area (Å²) in [4.78, 5) is 23.7. The number of rotatable bonds is 19. The van der Waals surface area contributed by atoms with E-state index in [0.29, 0.717) is 12.5 Å². The first-order valence-corrected chi connectivity index (χ1v) is 13.0. The van der Waals surface area contributed by atoms with Crippen LogP contribution in [0, 0.1) is 5.92 Å². The molecule has 176 valence electrons. The van der Waals surface area contributed by atoms with E-state index in [1.165, 1.54) is 83.5 Å². The lowest BCUT2D eigenvalue weighted by atomic mass is 10.0. The molecule has 0 N–H and O–H groups in total. The molecule has 1 atom stereocenters. The molecule has 0 saturated heterocycles. The van der Waals surface area contributed by atoms with Crippen molar-refractivity contribution in [2.75, 3.05) is 6.61 Å². The molecule has 1 aliphatic rings. The van der Waals surface area contributed by atoms with E-state index in [0.717, 1.165) is 25.7 Å². The predicted octanol–water partition coefficient (Wildman–Crippen LogP) is 7.52. The average molecular weight is 425 g/mol. The maximum Gasteiger partial charge on any atom is 0.306 e. The van der Waals surface area contributed by atoms with Gasteiger partial charge in [0.2, 0.25) is 0 Å². The molecular formula is C26H48O4. The second-order valence-electron chi connectivity index (χ2n) is 9.20. The molecule has 0 radical (unpaired) electrons. The Bertz CT molecular complexity index is 429. The fourth-order valence-electron chi connectivity index (χ4n) is 4.37. The minimum absolute atomic E-state index is 0.0261. The van der Waals surface area contributed by atoms with Crippen LogP contribution in [0.2, 0.25) is 0 Å². The topological polar surface area (TPSA) is 52.6 Å². The zero-order valence-corrected chi connectivity index (χ0v) is 19.9. The zero-order chi connectivity index (χ0) is 21.9. The summed E-state index contributed by atoms with van der Waals surface area (Å²) in [5.74, 6) is -0.0526. The van der Waals surface area contributed by atoms with E-state index in [4.69, 9.17) is 9.47 Å². The Morgan fingerprint density at radius 3 is 1.73 bits per heavy atom. The van der Waals surface area contributed by atoms with E-state index in [1.807, 2.05) is 6.92 Å². The van der Waals surface area contributed by atoms with Crippen molar-refractivity contribution in [1.82, 2.24) is 0 Å². The van der Waals surface area contributed by atoms with Crippen LogP contribution in [0.4, 0.5) is 0 Å². The molecule has 30 heavy (non-hydrogen) atoms. The molecule has 0 aromatic rings. The number of hydrogen-bond donors (Lipinski definition) is 0. The highest BCUT2D eigenvalue weighted by molar-refractivity contribution is 5.77. The Hall–Kier alpha value is -1.06. The van der Waals surface area contributed by atoms with Crippen molar-refractivity contribution in [3.8, 4) is 0 Å². The summed E-state index contributed by atoms with van der Waals surface area (Å²) in [5, 5.41) is 0. The SMILES string of the molecule is CCCCCCCCCCCCCCCOC(=O)CCC(=O)OC(C)C1CCCC1. The number of carbonyl (C=O) groups excluding carboxylic acids is 2. The largest absolute Gasteiger partial charge is 0.466 e. The molecule has 1 fully saturated rings. The van der Waals surface area contributed by atoms with Crippen LogP contribution >= 0.6 is 0 Å². The second kappa shape index (κ2) is 18.7. The normalized spacial score (nSPS) is 15.3. The van der Waals surface area contributed by atoms with Crippen molar-refractivity contribution < 1.29 is 19.1 Å². The monoisotopic (exact) mass is 424 g/mol. The van der Waals surface area contributed by atoms with E-state index >= 15 is 0 Å². The molecule has 0 aliphatic heterocycles. The van der Waals surface area contributed by atoms with Gasteiger partial charge in [0, 0.05) is 0 Å². The molecule has 4 nitrogen and oxygen atoms in total. The molecule has 1 rings (SSSR count). The minimum Gasteiger partial charge on any atom is -0.466 e. The fourth-order valence-corrected chi connectivity index (χ4v) is 4.37. The predicted molar refractivity (Wildman–Crippen MR) is 123 cm³/mol. The lowest BCUT2D eigenvalue weighted by Gasteiger charge is -2.19. The Labute approximate surface area is 185 Å². The van der Waals surface area contributed by atoms with Gasteiger partial charge in [0.05, 0.1) is 19.4 Å². The lowest BCUT2D eigenvalue weighted by Crippen LogP contribution is -2.22. The molecule has 0 aromatic heterocycles. The van der Waals surface area contributed by atoms with E-state index < -0.39 is 0 Å². The molecule has 0 bridgehead atoms. The van der Waals surface area contributed by atoms with Gasteiger partial charge >= 0.3 is 11.9 Å². The van der Waals surface area contributed by atoms with E-state index in [2.05, 4.69) is 6.92 Å². The quantitative estimate of drug-likeness (QED) is 0.159. The summed E-state index contributed by atoms with van der Waals surface area (Å²) in [6, 6.07) is 0. The van der Waals surface area contributed by atoms with Crippen LogP contribution in [-0.2, 0) is 19.1 Å². The highest BCUT2D eigenvalue weighted by atomic mass is 16.5. The van der Waals surface area contributed by atoms with Gasteiger partial charge in [-0.15, -0.1) is 0 Å². The molecule has 0 spiro atoms. The van der Waals surface area contributed by atoms with Gasteiger partial charge in [-0.25, -0.2) is 0 Å². The zero-order valence-electron chi connectivity index (χ0n) is 19.9. The van der Waals surface area contributed by atoms with Gasteiger partial charge < -0.3 is 9.47 Å². The van der Waals surface area contributed by atoms with Crippen LogP contribution in [0.3, 0.4) is 0 Å². The first-order valence-electron chi connectivity index (χ1n) is 13.0. The van der Waals surface area contributed by atoms with Crippen LogP contribution < -0.4 is 0 Å². The molecule has 0 heterocycles. The summed E-state index contributed by atoms with van der Waals surface area (Å²) >= 11 is 0. The third-order valence-corrected chi connectivity index (χ3v) is 6.43. The van der Waals surface area contributed by atoms with Gasteiger partial charge in [0.15, 0.2) is 0 Å². The van der Waals surface area contributed by atoms with Gasteiger partial charge in [-0.2, -0.15) is 0 Å². The molecule has 1 aliphatic carbocycles. The maximum atomic E-state index is 11.9. The number of ether oxygens (including phenoxy) is 2. The summed E-state index contributed by atoms with van der Waals surface area (Å²) in [6.07, 6.45) is 22.0. The van der Waals surface area contributed by atoms with Crippen molar-refractivity contribution in [3.63, 3.8) is 0 Å². The maximum absolute atomic E-state index is 11.9. The number of unbranched alkanes of at least 4 members (excludes halogenated alkanes) is 12. The summed E-state index contributed by atoms with van der Waals surface area (Å²) in [7, 11) is 0. The fraction of sp³-hybridized carbons (Fsp3) is 0.923. The third-order valence-electron chi connectivity index (χ3n) is 6.43. The van der Waals surface area contributed by atoms with Crippen LogP contribution in [0.15, 0.2) is 0 Å². The lowest BCUT2D eigenvalue weighted by molar-refractivity contribution is -0.154. The Balaban J connectivity index is 1.83. The van der Waals surface area contributed by atoms with Crippen molar-refractivity contribution >= 4 is 11.9 Å². The highest BCUT2D eigenvalue weighted by Crippen LogP contribution is 2.29. The Morgan fingerprint density at radius 2 is 1.20 bits per heavy atom. The molecule has 0 aromatic carbocycles. The first kappa shape index (κ1) is 27.0. The molecule has 1 unspecified atom stereocenters. The molecular weight excluding hydrogens is 376 g/mol. The van der Waals surface area contributed by atoms with Crippen molar-refractivity contribution in [1.29, 1.82) is 0 Å². The summed E-state index contributed by atoms with van der Waals surface area (Å²) in [5.41, 5.74) is 0. The highest BCUT2D eigenvalue weighted by Gasteiger charge is 2.24. The van der Waals surface area contributed by atoms with Gasteiger partial charge in [0.25, 0.3) is 0 Å². The summed E-state index contributed by atoms with van der Waals surface area (Å²) < 4.78 is 10.7. The van der Waals surface area contributed by atoms with Gasteiger partial charge in [0.1, 0.15) is 6.10 Å². The first-order chi connectivity index (χ1) is 14.6. The molecule has 4 heteroatoms. The Morgan fingerprint density at radius 1 is 0.733 bits per heavy atom. The molecule has 1 saturated carbocycles. The van der Waals surface area contributed by atoms with Crippen LogP contribution in [0.25, 0.3) is 0 Å². The third kappa shape index (κ3) is 14.8. The number of carbonyl (C=O) groups is 2. The molecule has 0 amide bonds. The van der Waals surface area contributed by atoms with Gasteiger partial charge in [-0.05, 0) is 32.1 Å². The van der Waals surface area contributed by atoms with Crippen molar-refractivity contribution in [2.45, 2.75) is 142 Å². The smallest absolute Gasteiger partial charge is 0.306 e. The van der Waals surface area contributed by atoms with Gasteiger partial charge in [-0.3, -0.25) is 9.59 Å². The van der Waals surface area contributed by atoms with E-state index in [-0.39, 0.29) is 30.9 Å². The van der Waals surface area contributed by atoms with Crippen LogP contribution in [-0.4, -0.2) is 24.6 Å². The van der Waals surface area contributed by atoms with Crippen LogP contribution in [0.1, 0.15) is 136 Å².